The molecule has 0 aromatic rings. The standard InChI is InChI=1S/C47H82O15/c1-3-5-7-9-11-13-15-16-17-18-20-22-24-26-28-30-39(50)60-35(32-57-38(49)29-27-25-23-21-19-14-12-10-8-6-4-2)33-58-46-45(56)43(54)41(52)37(62-46)34-59-47-44(55)42(53)40(51)36(31-48)61-47/h5,7,11,13,16-17,35-37,40-48,51-56H,3-4,6,8-10,12,14-15,18-34H2,1-2H3/b7-5-,13-11-,17-16-. The molecule has 0 bridgehead atoms. The number of carbonyl (C=O) groups is 2. The van der Waals surface area contributed by atoms with E-state index in [1.165, 1.54) is 44.9 Å². The Morgan fingerprint density at radius 1 is 0.532 bits per heavy atom. The minimum absolute atomic E-state index is 0.147. The monoisotopic (exact) mass is 887 g/mol. The summed E-state index contributed by atoms with van der Waals surface area (Å²) in [5, 5.41) is 71.9. The van der Waals surface area contributed by atoms with Crippen molar-refractivity contribution in [1.29, 1.82) is 0 Å². The molecule has 7 N–H and O–H groups in total. The number of aliphatic hydroxyl groups excluding tert-OH is 7. The second-order valence-corrected chi connectivity index (χ2v) is 16.6. The van der Waals surface area contributed by atoms with Crippen LogP contribution in [0.3, 0.4) is 0 Å². The molecule has 2 aliphatic heterocycles. The molecule has 0 saturated carbocycles. The molecule has 0 aromatic carbocycles. The van der Waals surface area contributed by atoms with Gasteiger partial charge in [0.1, 0.15) is 55.4 Å². The highest BCUT2D eigenvalue weighted by molar-refractivity contribution is 5.70. The minimum atomic E-state index is -1.77. The number of hydrogen-bond donors (Lipinski definition) is 7. The third-order valence-electron chi connectivity index (χ3n) is 11.1. The van der Waals surface area contributed by atoms with Crippen molar-refractivity contribution in [1.82, 2.24) is 0 Å². The SMILES string of the molecule is CC/C=C\C/C=C\C/C=C\CCCCCCCC(=O)OC(COC(=O)CCCCCCCCCCCCC)COC1OC(COC2OC(CO)C(O)C(O)C2O)C(O)C(O)C1O. The van der Waals surface area contributed by atoms with Gasteiger partial charge in [0.25, 0.3) is 0 Å². The van der Waals surface area contributed by atoms with Gasteiger partial charge in [0, 0.05) is 12.8 Å². The quantitative estimate of drug-likeness (QED) is 0.0241. The normalized spacial score (nSPS) is 27.4. The first-order valence-corrected chi connectivity index (χ1v) is 23.6. The van der Waals surface area contributed by atoms with Crippen LogP contribution >= 0.6 is 0 Å². The maximum absolute atomic E-state index is 12.9. The first-order valence-electron chi connectivity index (χ1n) is 23.6. The van der Waals surface area contributed by atoms with Gasteiger partial charge in [-0.15, -0.1) is 0 Å². The van der Waals surface area contributed by atoms with E-state index < -0.39 is 92.7 Å². The van der Waals surface area contributed by atoms with E-state index in [4.69, 9.17) is 28.4 Å². The van der Waals surface area contributed by atoms with E-state index in [1.807, 2.05) is 0 Å². The second kappa shape index (κ2) is 35.0. The average Bonchev–Trinajstić information content (AvgIpc) is 3.26. The fourth-order valence-electron chi connectivity index (χ4n) is 7.23. The number of unbranched alkanes of at least 4 members (excludes halogenated alkanes) is 15. The molecule has 11 unspecified atom stereocenters. The first kappa shape index (κ1) is 55.9. The molecular weight excluding hydrogens is 805 g/mol. The third-order valence-corrected chi connectivity index (χ3v) is 11.1. The van der Waals surface area contributed by atoms with Gasteiger partial charge in [-0.1, -0.05) is 134 Å². The minimum Gasteiger partial charge on any atom is -0.462 e. The van der Waals surface area contributed by atoms with Crippen LogP contribution in [0.15, 0.2) is 36.5 Å². The molecule has 0 amide bonds. The predicted molar refractivity (Wildman–Crippen MR) is 234 cm³/mol. The Hall–Kier alpha value is -2.28. The maximum Gasteiger partial charge on any atom is 0.306 e. The van der Waals surface area contributed by atoms with Crippen molar-refractivity contribution in [3.05, 3.63) is 36.5 Å². The summed E-state index contributed by atoms with van der Waals surface area (Å²) in [6.07, 6.45) is 17.6. The van der Waals surface area contributed by atoms with E-state index in [-0.39, 0.29) is 26.1 Å². The highest BCUT2D eigenvalue weighted by Crippen LogP contribution is 2.26. The van der Waals surface area contributed by atoms with Crippen LogP contribution < -0.4 is 0 Å². The highest BCUT2D eigenvalue weighted by Gasteiger charge is 2.47. The fourth-order valence-corrected chi connectivity index (χ4v) is 7.23. The number of ether oxygens (including phenoxy) is 6. The molecule has 0 aliphatic carbocycles. The molecule has 0 spiro atoms. The third kappa shape index (κ3) is 23.6. The first-order chi connectivity index (χ1) is 30.0. The van der Waals surface area contributed by atoms with Gasteiger partial charge >= 0.3 is 11.9 Å². The molecule has 0 radical (unpaired) electrons. The molecule has 15 heteroatoms. The van der Waals surface area contributed by atoms with Gasteiger partial charge in [0.15, 0.2) is 18.7 Å². The zero-order valence-corrected chi connectivity index (χ0v) is 37.6. The Morgan fingerprint density at radius 2 is 1.02 bits per heavy atom. The number of allylic oxidation sites excluding steroid dienone is 6. The van der Waals surface area contributed by atoms with Crippen molar-refractivity contribution in [2.24, 2.45) is 0 Å². The van der Waals surface area contributed by atoms with Crippen molar-refractivity contribution >= 4 is 11.9 Å². The molecule has 2 fully saturated rings. The molecule has 15 nitrogen and oxygen atoms in total. The van der Waals surface area contributed by atoms with E-state index in [0.717, 1.165) is 70.6 Å². The second-order valence-electron chi connectivity index (χ2n) is 16.6. The van der Waals surface area contributed by atoms with Crippen molar-refractivity contribution < 1.29 is 73.8 Å². The van der Waals surface area contributed by atoms with Crippen LogP contribution in [-0.4, -0.2) is 142 Å². The summed E-state index contributed by atoms with van der Waals surface area (Å²) in [4.78, 5) is 25.6. The van der Waals surface area contributed by atoms with Gasteiger partial charge in [0.05, 0.1) is 19.8 Å². The molecule has 2 heterocycles. The van der Waals surface area contributed by atoms with Gasteiger partial charge in [0.2, 0.25) is 0 Å². The molecule has 2 aliphatic rings. The van der Waals surface area contributed by atoms with E-state index in [1.54, 1.807) is 0 Å². The summed E-state index contributed by atoms with van der Waals surface area (Å²) < 4.78 is 33.5. The molecule has 2 rings (SSSR count). The van der Waals surface area contributed by atoms with Crippen LogP contribution in [0.5, 0.6) is 0 Å². The topological polar surface area (TPSA) is 231 Å². The highest BCUT2D eigenvalue weighted by atomic mass is 16.7. The average molecular weight is 887 g/mol. The van der Waals surface area contributed by atoms with Crippen molar-refractivity contribution in [2.45, 2.75) is 223 Å². The van der Waals surface area contributed by atoms with Gasteiger partial charge in [-0.05, 0) is 44.9 Å². The summed E-state index contributed by atoms with van der Waals surface area (Å²) >= 11 is 0. The zero-order chi connectivity index (χ0) is 45.4. The Balaban J connectivity index is 1.85. The van der Waals surface area contributed by atoms with Crippen molar-refractivity contribution in [2.75, 3.05) is 26.4 Å². The van der Waals surface area contributed by atoms with Crippen LogP contribution in [0.2, 0.25) is 0 Å². The lowest BCUT2D eigenvalue weighted by molar-refractivity contribution is -0.332. The number of rotatable bonds is 35. The number of esters is 2. The van der Waals surface area contributed by atoms with E-state index in [9.17, 15) is 45.3 Å². The predicted octanol–water partition coefficient (Wildman–Crippen LogP) is 5.37. The van der Waals surface area contributed by atoms with E-state index in [0.29, 0.717) is 12.8 Å². The van der Waals surface area contributed by atoms with Crippen molar-refractivity contribution in [3.63, 3.8) is 0 Å². The van der Waals surface area contributed by atoms with Crippen LogP contribution in [0, 0.1) is 0 Å². The summed E-state index contributed by atoms with van der Waals surface area (Å²) in [5.41, 5.74) is 0. The Labute approximate surface area is 370 Å². The van der Waals surface area contributed by atoms with Gasteiger partial charge in [-0.2, -0.15) is 0 Å². The lowest BCUT2D eigenvalue weighted by atomic mass is 9.98. The van der Waals surface area contributed by atoms with E-state index >= 15 is 0 Å². The summed E-state index contributed by atoms with van der Waals surface area (Å²) in [6.45, 7) is 2.43. The molecule has 62 heavy (non-hydrogen) atoms. The van der Waals surface area contributed by atoms with Crippen LogP contribution in [0.1, 0.15) is 155 Å². The van der Waals surface area contributed by atoms with Crippen LogP contribution in [0.4, 0.5) is 0 Å². The summed E-state index contributed by atoms with van der Waals surface area (Å²) in [6, 6.07) is 0. The lowest BCUT2D eigenvalue weighted by Gasteiger charge is -2.42. The van der Waals surface area contributed by atoms with Crippen LogP contribution in [-0.2, 0) is 38.0 Å². The lowest BCUT2D eigenvalue weighted by Crippen LogP contribution is -2.61. The van der Waals surface area contributed by atoms with Gasteiger partial charge in [-0.3, -0.25) is 9.59 Å². The fraction of sp³-hybridized carbons (Fsp3) is 0.830. The van der Waals surface area contributed by atoms with Gasteiger partial charge < -0.3 is 64.2 Å². The smallest absolute Gasteiger partial charge is 0.306 e. The largest absolute Gasteiger partial charge is 0.462 e. The molecular formula is C47H82O15. The molecule has 0 aromatic heterocycles. The Kier molecular flexibility index (Phi) is 31.6. The molecule has 2 saturated heterocycles. The van der Waals surface area contributed by atoms with E-state index in [2.05, 4.69) is 50.3 Å². The number of carbonyl (C=O) groups excluding carboxylic acids is 2. The molecule has 11 atom stereocenters. The van der Waals surface area contributed by atoms with Crippen molar-refractivity contribution in [3.8, 4) is 0 Å². The zero-order valence-electron chi connectivity index (χ0n) is 37.6. The summed E-state index contributed by atoms with van der Waals surface area (Å²) in [7, 11) is 0. The summed E-state index contributed by atoms with van der Waals surface area (Å²) in [5.74, 6) is -0.946. The molecule has 360 valence electrons. The Morgan fingerprint density at radius 3 is 1.60 bits per heavy atom. The maximum atomic E-state index is 12.9. The van der Waals surface area contributed by atoms with Gasteiger partial charge in [-0.25, -0.2) is 0 Å². The van der Waals surface area contributed by atoms with Crippen LogP contribution in [0.25, 0.3) is 0 Å². The Bertz CT molecular complexity index is 1230. The number of aliphatic hydroxyl groups is 7. The number of hydrogen-bond acceptors (Lipinski definition) is 15.